The topological polar surface area (TPSA) is 62.8 Å². The molecule has 0 saturated carbocycles. The number of piperazine rings is 1. The molecular formula is C20H23ClFN3O3. The Morgan fingerprint density at radius 2 is 2.07 bits per heavy atom. The average molecular weight is 408 g/mol. The zero-order chi connectivity index (χ0) is 18.6. The van der Waals surface area contributed by atoms with E-state index in [1.54, 1.807) is 6.07 Å². The van der Waals surface area contributed by atoms with Crippen molar-refractivity contribution in [2.75, 3.05) is 33.0 Å². The third-order valence-electron chi connectivity index (χ3n) is 4.86. The van der Waals surface area contributed by atoms with Crippen molar-refractivity contribution < 1.29 is 18.7 Å². The number of ether oxygens (including phenoxy) is 2. The molecule has 2 aliphatic heterocycles. The molecule has 1 fully saturated rings. The van der Waals surface area contributed by atoms with Gasteiger partial charge < -0.3 is 20.1 Å². The van der Waals surface area contributed by atoms with Crippen LogP contribution in [-0.2, 0) is 11.3 Å². The third kappa shape index (κ3) is 4.73. The average Bonchev–Trinajstić information content (AvgIpc) is 3.15. The van der Waals surface area contributed by atoms with E-state index in [1.807, 2.05) is 24.3 Å². The molecule has 2 aromatic rings. The molecule has 2 N–H and O–H groups in total. The van der Waals surface area contributed by atoms with Crippen LogP contribution in [0.1, 0.15) is 17.2 Å². The smallest absolute Gasteiger partial charge is 0.234 e. The fourth-order valence-corrected chi connectivity index (χ4v) is 3.47. The Balaban J connectivity index is 0.00000225. The Labute approximate surface area is 169 Å². The molecular weight excluding hydrogens is 385 g/mol. The van der Waals surface area contributed by atoms with Crippen LogP contribution in [0, 0.1) is 5.82 Å². The summed E-state index contributed by atoms with van der Waals surface area (Å²) in [5, 5.41) is 6.27. The first-order valence-corrected chi connectivity index (χ1v) is 9.04. The highest BCUT2D eigenvalue weighted by Crippen LogP contribution is 2.32. The van der Waals surface area contributed by atoms with Gasteiger partial charge in [-0.25, -0.2) is 4.39 Å². The Bertz CT molecular complexity index is 836. The lowest BCUT2D eigenvalue weighted by Gasteiger charge is -2.36. The SMILES string of the molecule is Cl.O=C(CN1CCNCC1c1cccc(F)c1)NCc1ccc2c(c1)OCO2. The van der Waals surface area contributed by atoms with E-state index in [2.05, 4.69) is 15.5 Å². The predicted octanol–water partition coefficient (Wildman–Crippen LogP) is 2.24. The van der Waals surface area contributed by atoms with Crippen LogP contribution in [0.25, 0.3) is 0 Å². The van der Waals surface area contributed by atoms with E-state index < -0.39 is 0 Å². The lowest BCUT2D eigenvalue weighted by Crippen LogP contribution is -2.49. The number of nitrogens with one attached hydrogen (secondary N) is 2. The van der Waals surface area contributed by atoms with E-state index in [4.69, 9.17) is 9.47 Å². The van der Waals surface area contributed by atoms with E-state index in [0.717, 1.165) is 30.0 Å². The lowest BCUT2D eigenvalue weighted by atomic mass is 10.0. The fraction of sp³-hybridized carbons (Fsp3) is 0.350. The highest BCUT2D eigenvalue weighted by atomic mass is 35.5. The fourth-order valence-electron chi connectivity index (χ4n) is 3.47. The zero-order valence-electron chi connectivity index (χ0n) is 15.3. The minimum absolute atomic E-state index is 0. The number of amides is 1. The predicted molar refractivity (Wildman–Crippen MR) is 105 cm³/mol. The van der Waals surface area contributed by atoms with Gasteiger partial charge in [0.25, 0.3) is 0 Å². The van der Waals surface area contributed by atoms with Crippen LogP contribution in [0.2, 0.25) is 0 Å². The van der Waals surface area contributed by atoms with Crippen LogP contribution >= 0.6 is 12.4 Å². The number of benzene rings is 2. The molecule has 2 heterocycles. The highest BCUT2D eigenvalue weighted by Gasteiger charge is 2.25. The number of nitrogens with zero attached hydrogens (tertiary/aromatic N) is 1. The van der Waals surface area contributed by atoms with Crippen molar-refractivity contribution in [1.82, 2.24) is 15.5 Å². The number of rotatable bonds is 5. The molecule has 8 heteroatoms. The molecule has 1 saturated heterocycles. The zero-order valence-corrected chi connectivity index (χ0v) is 16.1. The molecule has 6 nitrogen and oxygen atoms in total. The molecule has 0 radical (unpaired) electrons. The maximum absolute atomic E-state index is 13.6. The highest BCUT2D eigenvalue weighted by molar-refractivity contribution is 5.85. The number of carbonyl (C=O) groups excluding carboxylic acids is 1. The van der Waals surface area contributed by atoms with Crippen molar-refractivity contribution in [3.05, 3.63) is 59.4 Å². The van der Waals surface area contributed by atoms with Crippen LogP contribution in [0.15, 0.2) is 42.5 Å². The summed E-state index contributed by atoms with van der Waals surface area (Å²) in [6.07, 6.45) is 0. The molecule has 28 heavy (non-hydrogen) atoms. The first kappa shape index (κ1) is 20.4. The summed E-state index contributed by atoms with van der Waals surface area (Å²) in [4.78, 5) is 14.5. The first-order valence-electron chi connectivity index (χ1n) is 9.04. The minimum Gasteiger partial charge on any atom is -0.454 e. The van der Waals surface area contributed by atoms with Gasteiger partial charge in [0.1, 0.15) is 5.82 Å². The van der Waals surface area contributed by atoms with E-state index in [-0.39, 0.29) is 43.5 Å². The van der Waals surface area contributed by atoms with Crippen molar-refractivity contribution in [3.8, 4) is 11.5 Å². The summed E-state index contributed by atoms with van der Waals surface area (Å²) in [7, 11) is 0. The largest absolute Gasteiger partial charge is 0.454 e. The van der Waals surface area contributed by atoms with Gasteiger partial charge in [-0.3, -0.25) is 9.69 Å². The van der Waals surface area contributed by atoms with Crippen LogP contribution in [-0.4, -0.2) is 43.8 Å². The summed E-state index contributed by atoms with van der Waals surface area (Å²) in [6, 6.07) is 12.2. The van der Waals surface area contributed by atoms with Gasteiger partial charge in [-0.2, -0.15) is 0 Å². The van der Waals surface area contributed by atoms with E-state index in [0.29, 0.717) is 18.8 Å². The van der Waals surface area contributed by atoms with Gasteiger partial charge in [0.2, 0.25) is 12.7 Å². The van der Waals surface area contributed by atoms with Crippen molar-refractivity contribution in [2.24, 2.45) is 0 Å². The molecule has 4 rings (SSSR count). The number of fused-ring (bicyclic) bond motifs is 1. The number of hydrogen-bond donors (Lipinski definition) is 2. The molecule has 2 aromatic carbocycles. The number of carbonyl (C=O) groups is 1. The van der Waals surface area contributed by atoms with E-state index >= 15 is 0 Å². The van der Waals surface area contributed by atoms with E-state index in [9.17, 15) is 9.18 Å². The van der Waals surface area contributed by atoms with Crippen molar-refractivity contribution >= 4 is 18.3 Å². The minimum atomic E-state index is -0.259. The van der Waals surface area contributed by atoms with Gasteiger partial charge in [0, 0.05) is 32.2 Å². The normalized spacial score (nSPS) is 18.4. The van der Waals surface area contributed by atoms with Crippen molar-refractivity contribution in [1.29, 1.82) is 0 Å². The summed E-state index contributed by atoms with van der Waals surface area (Å²) >= 11 is 0. The summed E-state index contributed by atoms with van der Waals surface area (Å²) in [5.41, 5.74) is 1.83. The van der Waals surface area contributed by atoms with Crippen LogP contribution < -0.4 is 20.1 Å². The van der Waals surface area contributed by atoms with E-state index in [1.165, 1.54) is 12.1 Å². The quantitative estimate of drug-likeness (QED) is 0.796. The summed E-state index contributed by atoms with van der Waals surface area (Å²) in [5.74, 6) is 1.11. The molecule has 2 aliphatic rings. The lowest BCUT2D eigenvalue weighted by molar-refractivity contribution is -0.123. The first-order chi connectivity index (χ1) is 13.2. The second-order valence-corrected chi connectivity index (χ2v) is 6.71. The molecule has 150 valence electrons. The maximum atomic E-state index is 13.6. The maximum Gasteiger partial charge on any atom is 0.234 e. The van der Waals surface area contributed by atoms with Crippen LogP contribution in [0.4, 0.5) is 4.39 Å². The van der Waals surface area contributed by atoms with Crippen LogP contribution in [0.3, 0.4) is 0 Å². The van der Waals surface area contributed by atoms with Crippen molar-refractivity contribution in [3.63, 3.8) is 0 Å². The molecule has 0 aliphatic carbocycles. The van der Waals surface area contributed by atoms with Crippen LogP contribution in [0.5, 0.6) is 11.5 Å². The molecule has 0 aromatic heterocycles. The second-order valence-electron chi connectivity index (χ2n) is 6.71. The van der Waals surface area contributed by atoms with Gasteiger partial charge >= 0.3 is 0 Å². The Morgan fingerprint density at radius 3 is 2.93 bits per heavy atom. The molecule has 0 spiro atoms. The van der Waals surface area contributed by atoms with Gasteiger partial charge in [0.05, 0.1) is 6.54 Å². The van der Waals surface area contributed by atoms with Crippen molar-refractivity contribution in [2.45, 2.75) is 12.6 Å². The van der Waals surface area contributed by atoms with Gasteiger partial charge in [-0.05, 0) is 35.4 Å². The monoisotopic (exact) mass is 407 g/mol. The Hall–Kier alpha value is -2.35. The number of halogens is 2. The Morgan fingerprint density at radius 1 is 1.21 bits per heavy atom. The summed E-state index contributed by atoms with van der Waals surface area (Å²) in [6.45, 7) is 3.16. The standard InChI is InChI=1S/C20H22FN3O3.ClH/c21-16-3-1-2-15(9-16)17-11-22-6-7-24(17)12-20(25)23-10-14-4-5-18-19(8-14)27-13-26-18;/h1-5,8-9,17,22H,6-7,10-13H2,(H,23,25);1H. The molecule has 0 bridgehead atoms. The Kier molecular flexibility index (Phi) is 6.72. The molecule has 1 amide bonds. The summed E-state index contributed by atoms with van der Waals surface area (Å²) < 4.78 is 24.2. The molecule has 1 atom stereocenters. The van der Waals surface area contributed by atoms with Gasteiger partial charge in [0.15, 0.2) is 11.5 Å². The van der Waals surface area contributed by atoms with Gasteiger partial charge in [-0.1, -0.05) is 18.2 Å². The second kappa shape index (κ2) is 9.23. The number of hydrogen-bond acceptors (Lipinski definition) is 5. The van der Waals surface area contributed by atoms with Gasteiger partial charge in [-0.15, -0.1) is 12.4 Å². The molecule has 1 unspecified atom stereocenters. The third-order valence-corrected chi connectivity index (χ3v) is 4.86.